The molecule has 4 nitrogen and oxygen atoms in total. The highest BCUT2D eigenvalue weighted by molar-refractivity contribution is 8.93. The van der Waals surface area contributed by atoms with E-state index in [0.29, 0.717) is 30.9 Å². The summed E-state index contributed by atoms with van der Waals surface area (Å²) in [4.78, 5) is 28.5. The molecule has 3 rings (SSSR count). The van der Waals surface area contributed by atoms with Crippen molar-refractivity contribution in [2.75, 3.05) is 19.8 Å². The minimum absolute atomic E-state index is 0. The Morgan fingerprint density at radius 1 is 0.731 bits per heavy atom. The predicted molar refractivity (Wildman–Crippen MR) is 109 cm³/mol. The highest BCUT2D eigenvalue weighted by Crippen LogP contribution is 2.12. The molecule has 1 aliphatic heterocycles. The molecule has 26 heavy (non-hydrogen) atoms. The highest BCUT2D eigenvalue weighted by atomic mass is 79.9. The van der Waals surface area contributed by atoms with Gasteiger partial charge in [0.2, 0.25) is 0 Å². The lowest BCUT2D eigenvalue weighted by atomic mass is 10.1. The topological polar surface area (TPSA) is 40.6 Å². The molecule has 2 aromatic carbocycles. The monoisotopic (exact) mass is 414 g/mol. The fourth-order valence-corrected chi connectivity index (χ4v) is 2.75. The number of Topliss-reactive ketones (excluding diaryl/α,β-unsaturated/α-hetero) is 2. The number of carbonyl (C=O) groups excluding carboxylic acids is 2. The molecule has 0 amide bonds. The average molecular weight is 415 g/mol. The molecular weight excluding hydrogens is 392 g/mol. The summed E-state index contributed by atoms with van der Waals surface area (Å²) in [6.07, 6.45) is 3.74. The molecule has 2 aromatic rings. The summed E-state index contributed by atoms with van der Waals surface area (Å²) < 4.78 is 0. The van der Waals surface area contributed by atoms with Gasteiger partial charge in [-0.15, -0.1) is 17.0 Å². The number of nitrogens with zero attached hydrogens (tertiary/aromatic N) is 2. The molecule has 0 bridgehead atoms. The van der Waals surface area contributed by atoms with E-state index in [1.54, 1.807) is 0 Å². The number of rotatable bonds is 6. The van der Waals surface area contributed by atoms with Crippen molar-refractivity contribution in [3.05, 3.63) is 83.2 Å². The van der Waals surface area contributed by atoms with Crippen LogP contribution in [0.1, 0.15) is 31.8 Å². The molecule has 0 spiro atoms. The summed E-state index contributed by atoms with van der Waals surface area (Å²) in [6.45, 7) is 5.18. The van der Waals surface area contributed by atoms with Crippen LogP contribution in [-0.2, 0) is 0 Å². The minimum atomic E-state index is 0. The number of aryl methyl sites for hydroxylation is 2. The van der Waals surface area contributed by atoms with Crippen LogP contribution in [0.2, 0.25) is 0 Å². The third kappa shape index (κ3) is 5.05. The second-order valence-electron chi connectivity index (χ2n) is 6.51. The standard InChI is InChI=1S/C21H22N2O2.BrH/c1-16-3-7-18(8-4-16)20(24)13-22-11-12-23(15-22)14-21(25)19-9-5-17(2)6-10-19;/h3-12H,13-15H2,1-2H3;1H. The normalized spacial score (nSPS) is 12.8. The third-order valence-corrected chi connectivity index (χ3v) is 4.29. The van der Waals surface area contributed by atoms with Crippen molar-refractivity contribution < 1.29 is 9.59 Å². The Morgan fingerprint density at radius 3 is 1.42 bits per heavy atom. The van der Waals surface area contributed by atoms with Crippen molar-refractivity contribution in [1.29, 1.82) is 0 Å². The summed E-state index contributed by atoms with van der Waals surface area (Å²) >= 11 is 0. The van der Waals surface area contributed by atoms with Gasteiger partial charge in [-0.05, 0) is 13.8 Å². The Labute approximate surface area is 164 Å². The molecule has 0 atom stereocenters. The zero-order chi connectivity index (χ0) is 17.8. The van der Waals surface area contributed by atoms with Gasteiger partial charge in [0.25, 0.3) is 0 Å². The molecule has 0 saturated heterocycles. The van der Waals surface area contributed by atoms with E-state index in [1.807, 2.05) is 84.6 Å². The van der Waals surface area contributed by atoms with Crippen molar-refractivity contribution in [2.24, 2.45) is 0 Å². The highest BCUT2D eigenvalue weighted by Gasteiger charge is 2.18. The van der Waals surface area contributed by atoms with Crippen LogP contribution in [0, 0.1) is 13.8 Å². The van der Waals surface area contributed by atoms with E-state index >= 15 is 0 Å². The smallest absolute Gasteiger partial charge is 0.182 e. The van der Waals surface area contributed by atoms with Gasteiger partial charge in [-0.2, -0.15) is 0 Å². The summed E-state index contributed by atoms with van der Waals surface area (Å²) in [5.41, 5.74) is 3.71. The van der Waals surface area contributed by atoms with Crippen LogP contribution in [-0.4, -0.2) is 41.1 Å². The number of hydrogen-bond donors (Lipinski definition) is 0. The first-order valence-electron chi connectivity index (χ1n) is 8.37. The van der Waals surface area contributed by atoms with E-state index in [-0.39, 0.29) is 28.5 Å². The van der Waals surface area contributed by atoms with Crippen LogP contribution >= 0.6 is 17.0 Å². The van der Waals surface area contributed by atoms with Crippen LogP contribution in [0.15, 0.2) is 60.9 Å². The number of benzene rings is 2. The van der Waals surface area contributed by atoms with E-state index in [0.717, 1.165) is 11.1 Å². The van der Waals surface area contributed by atoms with Gasteiger partial charge in [-0.25, -0.2) is 0 Å². The fourth-order valence-electron chi connectivity index (χ4n) is 2.75. The third-order valence-electron chi connectivity index (χ3n) is 4.29. The first kappa shape index (κ1) is 19.9. The van der Waals surface area contributed by atoms with Gasteiger partial charge >= 0.3 is 0 Å². The Kier molecular flexibility index (Phi) is 6.75. The number of ketones is 2. The molecule has 0 aromatic heterocycles. The van der Waals surface area contributed by atoms with E-state index in [2.05, 4.69) is 0 Å². The van der Waals surface area contributed by atoms with Crippen LogP contribution in [0.3, 0.4) is 0 Å². The van der Waals surface area contributed by atoms with Crippen LogP contribution in [0.5, 0.6) is 0 Å². The molecule has 0 fully saturated rings. The summed E-state index contributed by atoms with van der Waals surface area (Å²) in [5, 5.41) is 0. The molecule has 1 aliphatic rings. The van der Waals surface area contributed by atoms with Gasteiger partial charge in [0.1, 0.15) is 0 Å². The van der Waals surface area contributed by atoms with Gasteiger partial charge in [0.05, 0.1) is 19.8 Å². The molecule has 5 heteroatoms. The van der Waals surface area contributed by atoms with Gasteiger partial charge in [-0.1, -0.05) is 59.7 Å². The lowest BCUT2D eigenvalue weighted by Gasteiger charge is -2.20. The second kappa shape index (κ2) is 8.81. The number of hydrogen-bond acceptors (Lipinski definition) is 4. The van der Waals surface area contributed by atoms with E-state index in [9.17, 15) is 9.59 Å². The molecular formula is C21H23BrN2O2. The van der Waals surface area contributed by atoms with Crippen LogP contribution in [0.25, 0.3) is 0 Å². The quantitative estimate of drug-likeness (QED) is 0.669. The predicted octanol–water partition coefficient (Wildman–Crippen LogP) is 3.99. The molecule has 0 aliphatic carbocycles. The minimum Gasteiger partial charge on any atom is -0.351 e. The number of carbonyl (C=O) groups is 2. The van der Waals surface area contributed by atoms with Crippen molar-refractivity contribution in [2.45, 2.75) is 13.8 Å². The Bertz CT molecular complexity index is 730. The average Bonchev–Trinajstić information content (AvgIpc) is 3.02. The largest absolute Gasteiger partial charge is 0.351 e. The zero-order valence-corrected chi connectivity index (χ0v) is 16.7. The van der Waals surface area contributed by atoms with Crippen molar-refractivity contribution in [3.8, 4) is 0 Å². The van der Waals surface area contributed by atoms with Gasteiger partial charge in [0.15, 0.2) is 11.6 Å². The molecule has 0 radical (unpaired) electrons. The van der Waals surface area contributed by atoms with Crippen molar-refractivity contribution >= 4 is 28.5 Å². The van der Waals surface area contributed by atoms with Crippen molar-refractivity contribution in [3.63, 3.8) is 0 Å². The molecule has 1 heterocycles. The van der Waals surface area contributed by atoms with Crippen LogP contribution < -0.4 is 0 Å². The molecule has 0 saturated carbocycles. The number of halogens is 1. The SMILES string of the molecule is Br.Cc1ccc(C(=O)CN2C=CN(CC(=O)c3ccc(C)cc3)C2)cc1. The lowest BCUT2D eigenvalue weighted by Crippen LogP contribution is -2.32. The summed E-state index contributed by atoms with van der Waals surface area (Å²) in [7, 11) is 0. The molecule has 0 unspecified atom stereocenters. The maximum absolute atomic E-state index is 12.3. The molecule has 0 N–H and O–H groups in total. The zero-order valence-electron chi connectivity index (χ0n) is 15.0. The first-order valence-corrected chi connectivity index (χ1v) is 8.37. The Balaban J connectivity index is 0.00000243. The maximum Gasteiger partial charge on any atom is 0.182 e. The van der Waals surface area contributed by atoms with Crippen LogP contribution in [0.4, 0.5) is 0 Å². The first-order chi connectivity index (χ1) is 12.0. The second-order valence-corrected chi connectivity index (χ2v) is 6.51. The van der Waals surface area contributed by atoms with Gasteiger partial charge in [-0.3, -0.25) is 9.59 Å². The van der Waals surface area contributed by atoms with Gasteiger partial charge in [0, 0.05) is 23.5 Å². The van der Waals surface area contributed by atoms with Gasteiger partial charge < -0.3 is 9.80 Å². The Hall–Kier alpha value is -2.40. The summed E-state index contributed by atoms with van der Waals surface area (Å²) in [6, 6.07) is 15.2. The van der Waals surface area contributed by atoms with Crippen molar-refractivity contribution in [1.82, 2.24) is 9.80 Å². The van der Waals surface area contributed by atoms with E-state index in [4.69, 9.17) is 0 Å². The Morgan fingerprint density at radius 2 is 1.08 bits per heavy atom. The molecule has 136 valence electrons. The van der Waals surface area contributed by atoms with E-state index in [1.165, 1.54) is 0 Å². The fraction of sp³-hybridized carbons (Fsp3) is 0.238. The lowest BCUT2D eigenvalue weighted by molar-refractivity contribution is 0.0921. The maximum atomic E-state index is 12.3. The van der Waals surface area contributed by atoms with E-state index < -0.39 is 0 Å². The summed E-state index contributed by atoms with van der Waals surface area (Å²) in [5.74, 6) is 0.160.